The van der Waals surface area contributed by atoms with E-state index in [1.165, 1.54) is 21.6 Å². The monoisotopic (exact) mass is 660 g/mol. The van der Waals surface area contributed by atoms with Crippen molar-refractivity contribution in [2.75, 3.05) is 47.3 Å². The zero-order valence-electron chi connectivity index (χ0n) is 26.7. The summed E-state index contributed by atoms with van der Waals surface area (Å²) >= 11 is 1.28. The topological polar surface area (TPSA) is 186 Å². The van der Waals surface area contributed by atoms with Crippen molar-refractivity contribution in [1.82, 2.24) is 25.3 Å². The number of hydrogen-bond acceptors (Lipinski definition) is 10. The molecule has 16 heteroatoms. The van der Waals surface area contributed by atoms with Gasteiger partial charge in [-0.2, -0.15) is 0 Å². The predicted octanol–water partition coefficient (Wildman–Crippen LogP) is -1.57. The summed E-state index contributed by atoms with van der Waals surface area (Å²) in [6.45, 7) is 5.85. The molecule has 1 aromatic carbocycles. The Kier molecular flexibility index (Phi) is 10.0. The number of esters is 1. The number of imide groups is 1. The van der Waals surface area contributed by atoms with Crippen LogP contribution in [-0.2, 0) is 33.5 Å². The highest BCUT2D eigenvalue weighted by Gasteiger charge is 2.65. The molecule has 5 atom stereocenters. The van der Waals surface area contributed by atoms with E-state index in [-0.39, 0.29) is 19.6 Å². The molecule has 3 aliphatic heterocycles. The highest BCUT2D eigenvalue weighted by Crippen LogP contribution is 2.51. The number of piperazine rings is 1. The van der Waals surface area contributed by atoms with Gasteiger partial charge in [-0.05, 0) is 26.3 Å². The minimum atomic E-state index is -1.37. The zero-order chi connectivity index (χ0) is 34.1. The van der Waals surface area contributed by atoms with Gasteiger partial charge < -0.3 is 39.6 Å². The normalized spacial score (nSPS) is 23.7. The van der Waals surface area contributed by atoms with E-state index >= 15 is 0 Å². The number of carboxylic acids is 1. The van der Waals surface area contributed by atoms with Crippen LogP contribution in [0.2, 0.25) is 0 Å². The van der Waals surface area contributed by atoms with Gasteiger partial charge >= 0.3 is 23.8 Å². The Morgan fingerprint density at radius 3 is 2.30 bits per heavy atom. The fourth-order valence-corrected chi connectivity index (χ4v) is 7.47. The number of rotatable bonds is 11. The van der Waals surface area contributed by atoms with Crippen LogP contribution in [0.1, 0.15) is 38.8 Å². The van der Waals surface area contributed by atoms with Gasteiger partial charge in [-0.25, -0.2) is 9.59 Å². The SMILES string of the molecule is CCN1CCN(C(=O)N[C@@H](C(=O)N[C@@H]2C(=O)N3[C@@H]2SC(C)(C)[C@@H]3C(=O)OC(CC(=O)[O-])C[N+](C)(C)C)c2ccccc2)C(=O)C1=O. The molecule has 0 bridgehead atoms. The summed E-state index contributed by atoms with van der Waals surface area (Å²) in [6.07, 6.45) is -1.48. The number of benzene rings is 1. The van der Waals surface area contributed by atoms with Gasteiger partial charge in [-0.15, -0.1) is 11.8 Å². The van der Waals surface area contributed by atoms with Crippen molar-refractivity contribution in [1.29, 1.82) is 0 Å². The van der Waals surface area contributed by atoms with Gasteiger partial charge in [0.05, 0.1) is 21.1 Å². The second kappa shape index (κ2) is 13.3. The van der Waals surface area contributed by atoms with E-state index in [0.29, 0.717) is 16.6 Å². The van der Waals surface area contributed by atoms with Gasteiger partial charge in [0.15, 0.2) is 6.10 Å². The lowest BCUT2D eigenvalue weighted by molar-refractivity contribution is -0.873. The fraction of sp³-hybridized carbons (Fsp3) is 0.567. The predicted molar refractivity (Wildman–Crippen MR) is 162 cm³/mol. The molecule has 0 spiro atoms. The molecule has 4 rings (SSSR count). The third kappa shape index (κ3) is 7.28. The molecule has 1 aromatic rings. The maximum Gasteiger partial charge on any atom is 0.330 e. The van der Waals surface area contributed by atoms with Crippen molar-refractivity contribution in [3.63, 3.8) is 0 Å². The largest absolute Gasteiger partial charge is 0.550 e. The Morgan fingerprint density at radius 1 is 1.07 bits per heavy atom. The Morgan fingerprint density at radius 2 is 1.72 bits per heavy atom. The van der Waals surface area contributed by atoms with Gasteiger partial charge in [0.1, 0.15) is 30.0 Å². The number of carboxylic acid groups (broad SMARTS) is 1. The Labute approximate surface area is 271 Å². The molecule has 0 aromatic heterocycles. The number of urea groups is 1. The number of β-lactam (4-membered cyclic amide) rings is 1. The van der Waals surface area contributed by atoms with Crippen LogP contribution >= 0.6 is 11.8 Å². The van der Waals surface area contributed by atoms with E-state index in [2.05, 4.69) is 10.6 Å². The van der Waals surface area contributed by atoms with Crippen LogP contribution in [0.4, 0.5) is 4.79 Å². The number of hydrogen-bond donors (Lipinski definition) is 2. The number of carbonyl (C=O) groups excluding carboxylic acids is 7. The molecule has 0 aliphatic carbocycles. The molecular weight excluding hydrogens is 620 g/mol. The van der Waals surface area contributed by atoms with E-state index in [0.717, 1.165) is 4.90 Å². The highest BCUT2D eigenvalue weighted by molar-refractivity contribution is 8.01. The first-order valence-electron chi connectivity index (χ1n) is 14.9. The summed E-state index contributed by atoms with van der Waals surface area (Å²) in [5.74, 6) is -5.22. The van der Waals surface area contributed by atoms with Crippen molar-refractivity contribution in [2.45, 2.75) is 61.5 Å². The van der Waals surface area contributed by atoms with Crippen molar-refractivity contribution in [3.05, 3.63) is 35.9 Å². The molecule has 3 fully saturated rings. The molecule has 6 amide bonds. The van der Waals surface area contributed by atoms with Gasteiger partial charge in [-0.3, -0.25) is 24.1 Å². The first kappa shape index (κ1) is 34.7. The third-order valence-electron chi connectivity index (χ3n) is 7.99. The van der Waals surface area contributed by atoms with Crippen LogP contribution in [0.3, 0.4) is 0 Å². The number of nitrogens with zero attached hydrogens (tertiary/aromatic N) is 4. The summed E-state index contributed by atoms with van der Waals surface area (Å²) < 4.78 is 5.10. The Bertz CT molecular complexity index is 1410. The Hall–Kier alpha value is -4.18. The Balaban J connectivity index is 1.48. The maximum atomic E-state index is 13.7. The lowest BCUT2D eigenvalue weighted by Gasteiger charge is -2.44. The number of nitrogens with one attached hydrogen (secondary N) is 2. The second-order valence-electron chi connectivity index (χ2n) is 13.0. The molecule has 250 valence electrons. The zero-order valence-corrected chi connectivity index (χ0v) is 27.5. The second-order valence-corrected chi connectivity index (χ2v) is 14.8. The maximum absolute atomic E-state index is 13.7. The van der Waals surface area contributed by atoms with Crippen molar-refractivity contribution in [2.24, 2.45) is 0 Å². The van der Waals surface area contributed by atoms with Crippen molar-refractivity contribution in [3.8, 4) is 0 Å². The number of thioether (sulfide) groups is 1. The molecular formula is C30H40N6O9S. The molecule has 1 unspecified atom stereocenters. The summed E-state index contributed by atoms with van der Waals surface area (Å²) in [4.78, 5) is 93.4. The minimum absolute atomic E-state index is 0.0483. The van der Waals surface area contributed by atoms with Crippen LogP contribution in [0.25, 0.3) is 0 Å². The van der Waals surface area contributed by atoms with E-state index < -0.39 is 82.4 Å². The highest BCUT2D eigenvalue weighted by atomic mass is 32.2. The number of carbonyl (C=O) groups is 7. The lowest BCUT2D eigenvalue weighted by atomic mass is 9.95. The number of aliphatic carboxylic acids is 1. The average Bonchev–Trinajstić information content (AvgIpc) is 3.22. The van der Waals surface area contributed by atoms with Gasteiger partial charge in [0.25, 0.3) is 0 Å². The number of fused-ring (bicyclic) bond motifs is 1. The molecule has 0 saturated carbocycles. The van der Waals surface area contributed by atoms with Gasteiger partial charge in [0, 0.05) is 36.8 Å². The number of amides is 6. The average molecular weight is 661 g/mol. The number of ether oxygens (including phenoxy) is 1. The molecule has 46 heavy (non-hydrogen) atoms. The van der Waals surface area contributed by atoms with Gasteiger partial charge in [0.2, 0.25) is 11.8 Å². The smallest absolute Gasteiger partial charge is 0.330 e. The van der Waals surface area contributed by atoms with Crippen LogP contribution in [0, 0.1) is 0 Å². The number of likely N-dealkylation sites (N-methyl/N-ethyl adjacent to an activating group) is 2. The van der Waals surface area contributed by atoms with Gasteiger partial charge in [-0.1, -0.05) is 30.3 Å². The summed E-state index contributed by atoms with van der Waals surface area (Å²) in [7, 11) is 5.47. The van der Waals surface area contributed by atoms with E-state index in [9.17, 15) is 38.7 Å². The first-order chi connectivity index (χ1) is 21.4. The molecule has 3 aliphatic rings. The van der Waals surface area contributed by atoms with E-state index in [4.69, 9.17) is 4.74 Å². The fourth-order valence-electron chi connectivity index (χ4n) is 5.85. The molecule has 0 radical (unpaired) electrons. The summed E-state index contributed by atoms with van der Waals surface area (Å²) in [5, 5.41) is 15.9. The van der Waals surface area contributed by atoms with Crippen molar-refractivity contribution < 1.29 is 47.9 Å². The molecule has 15 nitrogen and oxygen atoms in total. The minimum Gasteiger partial charge on any atom is -0.550 e. The number of quaternary nitrogens is 1. The molecule has 2 N–H and O–H groups in total. The van der Waals surface area contributed by atoms with Crippen LogP contribution in [0.5, 0.6) is 0 Å². The first-order valence-corrected chi connectivity index (χ1v) is 15.8. The standard InChI is InChI=1S/C30H40N6O9S/c1-7-33-13-14-34(26(42)25(33)41)29(44)32-20(17-11-9-8-10-12-17)23(39)31-21-24(40)35-22(30(2,3)46-27(21)35)28(43)45-18(15-19(37)38)16-36(4,5)6/h8-12,18,20-22,27H,7,13-16H2,1-6H3,(H2-,31,32,37,38,39,44)/t18?,20-,21-,22+,27-/m1/s1. The van der Waals surface area contributed by atoms with Crippen LogP contribution in [-0.4, -0.2) is 136 Å². The van der Waals surface area contributed by atoms with E-state index in [1.54, 1.807) is 51.1 Å². The quantitative estimate of drug-likeness (QED) is 0.122. The lowest BCUT2D eigenvalue weighted by Crippen LogP contribution is -2.71. The molecule has 3 saturated heterocycles. The van der Waals surface area contributed by atoms with E-state index in [1.807, 2.05) is 21.1 Å². The van der Waals surface area contributed by atoms with Crippen LogP contribution in [0.15, 0.2) is 30.3 Å². The van der Waals surface area contributed by atoms with Crippen LogP contribution < -0.4 is 15.7 Å². The summed E-state index contributed by atoms with van der Waals surface area (Å²) in [5.41, 5.74) is 0.375. The third-order valence-corrected chi connectivity index (χ3v) is 9.56. The summed E-state index contributed by atoms with van der Waals surface area (Å²) in [6, 6.07) is 3.89. The van der Waals surface area contributed by atoms with Crippen molar-refractivity contribution >= 4 is 53.4 Å². The molecule has 3 heterocycles.